The van der Waals surface area contributed by atoms with Gasteiger partial charge < -0.3 is 52.8 Å². The van der Waals surface area contributed by atoms with Gasteiger partial charge >= 0.3 is 0 Å². The molecule has 2 aliphatic rings. The van der Waals surface area contributed by atoms with Crippen molar-refractivity contribution in [3.8, 4) is 0 Å². The van der Waals surface area contributed by atoms with Gasteiger partial charge in [0.2, 0.25) is 0 Å². The topological polar surface area (TPSA) is 124 Å². The normalized spacial score (nSPS) is 26.7. The third-order valence-corrected chi connectivity index (χ3v) is 14.3. The fourth-order valence-electron chi connectivity index (χ4n) is 7.58. The molecular formula is C52H64O11Si. The van der Waals surface area contributed by atoms with E-state index in [0.717, 1.165) is 27.8 Å². The Morgan fingerprint density at radius 3 is 1.27 bits per heavy atom. The average molecular weight is 893 g/mol. The molecule has 2 fully saturated rings. The second kappa shape index (κ2) is 23.9. The maximum Gasteiger partial charge on any atom is 0.187 e. The molecule has 12 heteroatoms. The van der Waals surface area contributed by atoms with Crippen molar-refractivity contribution in [2.24, 2.45) is 0 Å². The second-order valence-corrected chi connectivity index (χ2v) is 23.1. The zero-order valence-electron chi connectivity index (χ0n) is 37.3. The third-order valence-electron chi connectivity index (χ3n) is 11.7. The Morgan fingerprint density at radius 1 is 0.453 bits per heavy atom. The van der Waals surface area contributed by atoms with Crippen molar-refractivity contribution >= 4 is 8.07 Å². The van der Waals surface area contributed by atoms with E-state index in [1.165, 1.54) is 0 Å². The molecule has 0 bridgehead atoms. The number of hydrogen-bond donors (Lipinski definition) is 2. The number of hydrogen-bond acceptors (Lipinski definition) is 11. The monoisotopic (exact) mass is 892 g/mol. The summed E-state index contributed by atoms with van der Waals surface area (Å²) in [6, 6.07) is 49.1. The summed E-state index contributed by atoms with van der Waals surface area (Å²) in [6.07, 6.45) is -10.3. The molecule has 0 saturated carbocycles. The van der Waals surface area contributed by atoms with Crippen molar-refractivity contribution in [2.45, 2.75) is 127 Å². The molecule has 7 rings (SSSR count). The number of benzene rings is 5. The largest absolute Gasteiger partial charge is 0.387 e. The summed E-state index contributed by atoms with van der Waals surface area (Å²) in [7, 11) is -1.86. The van der Waals surface area contributed by atoms with Crippen LogP contribution in [0.25, 0.3) is 0 Å². The summed E-state index contributed by atoms with van der Waals surface area (Å²) < 4.78 is 60.5. The minimum absolute atomic E-state index is 0.0234. The quantitative estimate of drug-likeness (QED) is 0.0658. The predicted molar refractivity (Wildman–Crippen MR) is 245 cm³/mol. The lowest BCUT2D eigenvalue weighted by molar-refractivity contribution is -0.374. The van der Waals surface area contributed by atoms with Crippen LogP contribution in [0.5, 0.6) is 0 Å². The van der Waals surface area contributed by atoms with Crippen LogP contribution < -0.4 is 0 Å². The first kappa shape index (κ1) is 47.8. The maximum absolute atomic E-state index is 11.9. The van der Waals surface area contributed by atoms with Crippen LogP contribution in [0.2, 0.25) is 19.6 Å². The van der Waals surface area contributed by atoms with Gasteiger partial charge in [-0.1, -0.05) is 171 Å². The van der Waals surface area contributed by atoms with E-state index in [9.17, 15) is 10.2 Å². The van der Waals surface area contributed by atoms with Crippen LogP contribution >= 0.6 is 0 Å². The molecule has 5 aromatic rings. The van der Waals surface area contributed by atoms with Gasteiger partial charge in [-0.25, -0.2) is 0 Å². The van der Waals surface area contributed by atoms with E-state index in [0.29, 0.717) is 6.61 Å². The Bertz CT molecular complexity index is 2040. The van der Waals surface area contributed by atoms with Crippen LogP contribution in [-0.4, -0.2) is 98.6 Å². The number of rotatable bonds is 22. The van der Waals surface area contributed by atoms with Gasteiger partial charge in [0.05, 0.1) is 54.3 Å². The lowest BCUT2D eigenvalue weighted by atomic mass is 9.96. The highest BCUT2D eigenvalue weighted by Crippen LogP contribution is 2.36. The van der Waals surface area contributed by atoms with Crippen LogP contribution in [0.1, 0.15) is 34.7 Å². The van der Waals surface area contributed by atoms with E-state index in [-0.39, 0.29) is 45.4 Å². The predicted octanol–water partition coefficient (Wildman–Crippen LogP) is 8.02. The van der Waals surface area contributed by atoms with E-state index in [1.54, 1.807) is 0 Å². The minimum atomic E-state index is -1.86. The lowest BCUT2D eigenvalue weighted by Gasteiger charge is -2.49. The third kappa shape index (κ3) is 13.7. The summed E-state index contributed by atoms with van der Waals surface area (Å²) >= 11 is 0. The Hall–Kier alpha value is -4.12. The molecular weight excluding hydrogens is 829 g/mol. The van der Waals surface area contributed by atoms with Gasteiger partial charge in [-0.2, -0.15) is 0 Å². The van der Waals surface area contributed by atoms with Crippen molar-refractivity contribution < 1.29 is 52.8 Å². The molecule has 11 atom stereocenters. The van der Waals surface area contributed by atoms with Crippen LogP contribution in [0.4, 0.5) is 0 Å². The van der Waals surface area contributed by atoms with Gasteiger partial charge in [-0.3, -0.25) is 0 Å². The fraction of sp³-hybridized carbons (Fsp3) is 0.423. The van der Waals surface area contributed by atoms with Gasteiger partial charge in [-0.05, 0) is 34.7 Å². The Balaban J connectivity index is 1.24. The number of aliphatic hydroxyl groups is 2. The van der Waals surface area contributed by atoms with Gasteiger partial charge in [0.1, 0.15) is 48.8 Å². The Kier molecular flexibility index (Phi) is 17.8. The van der Waals surface area contributed by atoms with Crippen molar-refractivity contribution in [2.75, 3.05) is 13.2 Å². The van der Waals surface area contributed by atoms with E-state index in [2.05, 4.69) is 26.6 Å². The smallest absolute Gasteiger partial charge is 0.187 e. The van der Waals surface area contributed by atoms with Crippen molar-refractivity contribution in [1.82, 2.24) is 0 Å². The molecule has 2 heterocycles. The highest BCUT2D eigenvalue weighted by molar-refractivity contribution is 6.77. The molecule has 2 aliphatic heterocycles. The lowest BCUT2D eigenvalue weighted by Crippen LogP contribution is -2.66. The molecule has 2 saturated heterocycles. The summed E-state index contributed by atoms with van der Waals surface area (Å²) in [5.74, 6) is 0. The van der Waals surface area contributed by atoms with E-state index < -0.39 is 69.5 Å². The van der Waals surface area contributed by atoms with E-state index in [4.69, 9.17) is 42.6 Å². The maximum atomic E-state index is 11.9. The zero-order chi connectivity index (χ0) is 44.7. The standard InChI is InChI=1S/C52H64O11Si/c1-37(64(2,3)4)60-52-50(59-34-42-28-18-9-19-29-42)49(58-33-41-26-16-8-17-27-41)47(44(62-52)36-56-31-39-22-12-6-13-23-39)63-51-48(57-32-40-24-14-7-15-25-40)46(54)45(53)43(61-51)35-55-30-38-20-10-5-11-21-38/h5-29,37,43-54H,30-36H2,1-4H3/t37?,43-,44-,45+,46+,47-,48-,49+,50-,51+,52-/m1/s1. The molecule has 0 amide bonds. The summed E-state index contributed by atoms with van der Waals surface area (Å²) in [4.78, 5) is 0. The second-order valence-electron chi connectivity index (χ2n) is 17.6. The Labute approximate surface area is 379 Å². The molecule has 0 radical (unpaired) electrons. The first-order valence-electron chi connectivity index (χ1n) is 22.3. The summed E-state index contributed by atoms with van der Waals surface area (Å²) in [5.41, 5.74) is 4.63. The summed E-state index contributed by atoms with van der Waals surface area (Å²) in [5, 5.41) is 23.5. The zero-order valence-corrected chi connectivity index (χ0v) is 38.3. The van der Waals surface area contributed by atoms with Crippen LogP contribution in [-0.2, 0) is 75.7 Å². The van der Waals surface area contributed by atoms with Gasteiger partial charge in [0.15, 0.2) is 12.6 Å². The summed E-state index contributed by atoms with van der Waals surface area (Å²) in [6.45, 7) is 10.1. The minimum Gasteiger partial charge on any atom is -0.387 e. The molecule has 0 aliphatic carbocycles. The van der Waals surface area contributed by atoms with Crippen molar-refractivity contribution in [1.29, 1.82) is 0 Å². The van der Waals surface area contributed by atoms with Crippen molar-refractivity contribution in [3.05, 3.63) is 179 Å². The molecule has 2 N–H and O–H groups in total. The van der Waals surface area contributed by atoms with Gasteiger partial charge in [0.25, 0.3) is 0 Å². The molecule has 11 nitrogen and oxygen atoms in total. The SMILES string of the molecule is CC(O[C@@H]1O[C@H](COCc2ccccc2)[C@@H](O[C@@H]2O[C@H](COCc3ccccc3)[C@H](O)[C@H](O)[C@H]2OCc2ccccc2)[C@H](OCc2ccccc2)[C@H]1OCc1ccccc1)[Si](C)(C)C. The van der Waals surface area contributed by atoms with Crippen molar-refractivity contribution in [3.63, 3.8) is 0 Å². The van der Waals surface area contributed by atoms with Gasteiger partial charge in [-0.15, -0.1) is 0 Å². The van der Waals surface area contributed by atoms with E-state index >= 15 is 0 Å². The van der Waals surface area contributed by atoms with Crippen LogP contribution in [0, 0.1) is 0 Å². The molecule has 342 valence electrons. The van der Waals surface area contributed by atoms with Crippen LogP contribution in [0.15, 0.2) is 152 Å². The molecule has 0 spiro atoms. The van der Waals surface area contributed by atoms with Crippen LogP contribution in [0.3, 0.4) is 0 Å². The number of aliphatic hydroxyl groups excluding tert-OH is 2. The number of ether oxygens (including phenoxy) is 9. The fourth-order valence-corrected chi connectivity index (χ4v) is 8.12. The molecule has 64 heavy (non-hydrogen) atoms. The molecule has 0 aromatic heterocycles. The van der Waals surface area contributed by atoms with Gasteiger partial charge in [0, 0.05) is 5.73 Å². The average Bonchev–Trinajstić information content (AvgIpc) is 3.31. The Morgan fingerprint density at radius 2 is 0.828 bits per heavy atom. The first-order valence-corrected chi connectivity index (χ1v) is 25.9. The first-order chi connectivity index (χ1) is 31.1. The molecule has 1 unspecified atom stereocenters. The molecule has 5 aromatic carbocycles. The highest BCUT2D eigenvalue weighted by Gasteiger charge is 2.54. The highest BCUT2D eigenvalue weighted by atomic mass is 28.3. The van der Waals surface area contributed by atoms with E-state index in [1.807, 2.05) is 152 Å².